The minimum Gasteiger partial charge on any atom is -0.440 e. The number of carbonyl (C=O) groups excluding carboxylic acids is 1. The summed E-state index contributed by atoms with van der Waals surface area (Å²) in [6, 6.07) is 8.24. The van der Waals surface area contributed by atoms with Gasteiger partial charge >= 0.3 is 0 Å². The molecule has 0 radical (unpaired) electrons. The third-order valence-corrected chi connectivity index (χ3v) is 6.17. The monoisotopic (exact) mass is 408 g/mol. The number of halogens is 1. The lowest BCUT2D eigenvalue weighted by Gasteiger charge is -2.11. The molecule has 142 valence electrons. The van der Waals surface area contributed by atoms with Gasteiger partial charge in [0.2, 0.25) is 14.9 Å². The molecule has 27 heavy (non-hydrogen) atoms. The summed E-state index contributed by atoms with van der Waals surface area (Å²) in [5.74, 6) is -0.920. The molecular formula is C18H17FN2O4S2. The fourth-order valence-corrected chi connectivity index (χ4v) is 4.13. The molecule has 3 aromatic rings. The van der Waals surface area contributed by atoms with Crippen molar-refractivity contribution >= 4 is 27.1 Å². The van der Waals surface area contributed by atoms with Crippen LogP contribution < -0.4 is 5.32 Å². The summed E-state index contributed by atoms with van der Waals surface area (Å²) < 4.78 is 41.1. The lowest BCUT2D eigenvalue weighted by atomic mass is 10.2. The Kier molecular flexibility index (Phi) is 5.16. The average molecular weight is 408 g/mol. The molecule has 0 aliphatic carbocycles. The zero-order chi connectivity index (χ0) is 19.8. The quantitative estimate of drug-likeness (QED) is 0.695. The topological polar surface area (TPSA) is 89.3 Å². The maximum atomic E-state index is 13.1. The molecule has 0 bridgehead atoms. The number of amides is 1. The van der Waals surface area contributed by atoms with Crippen LogP contribution in [0.3, 0.4) is 0 Å². The van der Waals surface area contributed by atoms with Gasteiger partial charge in [-0.25, -0.2) is 17.8 Å². The van der Waals surface area contributed by atoms with Crippen LogP contribution in [-0.2, 0) is 9.84 Å². The predicted octanol–water partition coefficient (Wildman–Crippen LogP) is 3.75. The highest BCUT2D eigenvalue weighted by Crippen LogP contribution is 2.32. The van der Waals surface area contributed by atoms with Gasteiger partial charge in [0, 0.05) is 11.8 Å². The first-order valence-corrected chi connectivity index (χ1v) is 10.7. The van der Waals surface area contributed by atoms with Gasteiger partial charge in [0.25, 0.3) is 5.91 Å². The van der Waals surface area contributed by atoms with Crippen LogP contribution in [0.25, 0.3) is 10.6 Å². The number of furan rings is 1. The fourth-order valence-electron chi connectivity index (χ4n) is 2.50. The molecular weight excluding hydrogens is 391 g/mol. The molecule has 0 aliphatic rings. The number of aryl methyl sites for hydroxylation is 1. The SMILES string of the molecule is Cc1nc(-c2ccc(F)cc2)sc1C(C)NC(=O)c1ccc(S(C)(=O)=O)o1. The first-order chi connectivity index (χ1) is 12.6. The second-order valence-corrected chi connectivity index (χ2v) is 9.04. The standard InChI is InChI=1S/C18H17FN2O4S2/c1-10(20-17(22)14-8-9-15(25-14)27(3,23)24)16-11(2)21-18(26-16)12-4-6-13(19)7-5-12/h4-10H,1-3H3,(H,20,22). The van der Waals surface area contributed by atoms with Crippen molar-refractivity contribution < 1.29 is 22.0 Å². The third kappa shape index (κ3) is 4.25. The molecule has 1 N–H and O–H groups in total. The summed E-state index contributed by atoms with van der Waals surface area (Å²) in [5, 5.41) is 3.24. The Morgan fingerprint density at radius 2 is 1.89 bits per heavy atom. The van der Waals surface area contributed by atoms with Crippen molar-refractivity contribution in [2.75, 3.05) is 6.26 Å². The van der Waals surface area contributed by atoms with Crippen molar-refractivity contribution in [1.82, 2.24) is 10.3 Å². The number of rotatable bonds is 5. The molecule has 3 rings (SSSR count). The summed E-state index contributed by atoms with van der Waals surface area (Å²) >= 11 is 1.40. The second-order valence-electron chi connectivity index (χ2n) is 6.06. The largest absolute Gasteiger partial charge is 0.440 e. The van der Waals surface area contributed by atoms with E-state index in [4.69, 9.17) is 4.42 Å². The van der Waals surface area contributed by atoms with Crippen LogP contribution in [-0.4, -0.2) is 25.6 Å². The smallest absolute Gasteiger partial charge is 0.287 e. The molecule has 0 spiro atoms. The van der Waals surface area contributed by atoms with Crippen LogP contribution in [0.15, 0.2) is 45.9 Å². The molecule has 1 unspecified atom stereocenters. The van der Waals surface area contributed by atoms with Crippen LogP contribution in [0.1, 0.15) is 34.1 Å². The summed E-state index contributed by atoms with van der Waals surface area (Å²) in [6.07, 6.45) is 1.01. The molecule has 0 aliphatic heterocycles. The fraction of sp³-hybridized carbons (Fsp3) is 0.222. The highest BCUT2D eigenvalue weighted by molar-refractivity contribution is 7.90. The number of nitrogens with zero attached hydrogens (tertiary/aromatic N) is 1. The normalized spacial score (nSPS) is 12.7. The van der Waals surface area contributed by atoms with Gasteiger partial charge in [-0.1, -0.05) is 0 Å². The number of hydrogen-bond donors (Lipinski definition) is 1. The van der Waals surface area contributed by atoms with E-state index >= 15 is 0 Å². The lowest BCUT2D eigenvalue weighted by Crippen LogP contribution is -2.26. The van der Waals surface area contributed by atoms with Crippen molar-refractivity contribution in [1.29, 1.82) is 0 Å². The van der Waals surface area contributed by atoms with Gasteiger partial charge in [0.05, 0.1) is 16.6 Å². The van der Waals surface area contributed by atoms with Gasteiger partial charge in [-0.2, -0.15) is 0 Å². The Balaban J connectivity index is 1.78. The highest BCUT2D eigenvalue weighted by atomic mass is 32.2. The van der Waals surface area contributed by atoms with Gasteiger partial charge in [0.15, 0.2) is 5.76 Å². The molecule has 1 aromatic carbocycles. The first-order valence-electron chi connectivity index (χ1n) is 7.99. The number of carbonyl (C=O) groups is 1. The Morgan fingerprint density at radius 3 is 2.48 bits per heavy atom. The van der Waals surface area contributed by atoms with E-state index in [2.05, 4.69) is 10.3 Å². The van der Waals surface area contributed by atoms with E-state index in [1.54, 1.807) is 19.1 Å². The molecule has 2 heterocycles. The minimum atomic E-state index is -3.51. The highest BCUT2D eigenvalue weighted by Gasteiger charge is 2.21. The Bertz CT molecular complexity index is 1090. The van der Waals surface area contributed by atoms with Gasteiger partial charge < -0.3 is 9.73 Å². The zero-order valence-corrected chi connectivity index (χ0v) is 16.4. The molecule has 2 aromatic heterocycles. The van der Waals surface area contributed by atoms with E-state index in [0.29, 0.717) is 0 Å². The molecule has 1 atom stereocenters. The molecule has 0 saturated heterocycles. The van der Waals surface area contributed by atoms with Crippen molar-refractivity contribution in [2.45, 2.75) is 25.0 Å². The molecule has 6 nitrogen and oxygen atoms in total. The van der Waals surface area contributed by atoms with Crippen molar-refractivity contribution in [3.05, 3.63) is 58.5 Å². The van der Waals surface area contributed by atoms with Gasteiger partial charge in [0.1, 0.15) is 10.8 Å². The Hall–Kier alpha value is -2.52. The minimum absolute atomic E-state index is 0.0804. The van der Waals surface area contributed by atoms with Gasteiger partial charge in [-0.15, -0.1) is 11.3 Å². The summed E-state index contributed by atoms with van der Waals surface area (Å²) in [6.45, 7) is 3.63. The number of hydrogen-bond acceptors (Lipinski definition) is 6. The number of aromatic nitrogens is 1. The van der Waals surface area contributed by atoms with Crippen LogP contribution >= 0.6 is 11.3 Å². The molecule has 0 fully saturated rings. The number of nitrogens with one attached hydrogen (secondary N) is 1. The van der Waals surface area contributed by atoms with Gasteiger partial charge in [-0.05, 0) is 50.2 Å². The first kappa shape index (κ1) is 19.2. The summed E-state index contributed by atoms with van der Waals surface area (Å²) in [4.78, 5) is 17.7. The average Bonchev–Trinajstić information content (AvgIpc) is 3.22. The van der Waals surface area contributed by atoms with Crippen molar-refractivity contribution in [2.24, 2.45) is 0 Å². The van der Waals surface area contributed by atoms with E-state index < -0.39 is 15.7 Å². The van der Waals surface area contributed by atoms with Crippen molar-refractivity contribution in [3.63, 3.8) is 0 Å². The summed E-state index contributed by atoms with van der Waals surface area (Å²) in [5.41, 5.74) is 1.54. The van der Waals surface area contributed by atoms with E-state index in [1.807, 2.05) is 6.92 Å². The number of sulfone groups is 1. The summed E-state index contributed by atoms with van der Waals surface area (Å²) in [7, 11) is -3.51. The van der Waals surface area contributed by atoms with E-state index in [0.717, 1.165) is 27.4 Å². The number of benzene rings is 1. The molecule has 9 heteroatoms. The maximum Gasteiger partial charge on any atom is 0.287 e. The van der Waals surface area contributed by atoms with E-state index in [1.165, 1.54) is 35.6 Å². The second kappa shape index (κ2) is 7.24. The maximum absolute atomic E-state index is 13.1. The zero-order valence-electron chi connectivity index (χ0n) is 14.8. The van der Waals surface area contributed by atoms with Crippen molar-refractivity contribution in [3.8, 4) is 10.6 Å². The lowest BCUT2D eigenvalue weighted by molar-refractivity contribution is 0.0907. The Labute approximate surface area is 160 Å². The predicted molar refractivity (Wildman–Crippen MR) is 99.9 cm³/mol. The van der Waals surface area contributed by atoms with E-state index in [-0.39, 0.29) is 22.7 Å². The Morgan fingerprint density at radius 1 is 1.22 bits per heavy atom. The van der Waals surface area contributed by atoms with Gasteiger partial charge in [-0.3, -0.25) is 4.79 Å². The van der Waals surface area contributed by atoms with Crippen LogP contribution in [0.4, 0.5) is 4.39 Å². The molecule has 1 amide bonds. The molecule has 0 saturated carbocycles. The van der Waals surface area contributed by atoms with Crippen LogP contribution in [0, 0.1) is 12.7 Å². The van der Waals surface area contributed by atoms with Crippen LogP contribution in [0.5, 0.6) is 0 Å². The third-order valence-electron chi connectivity index (χ3n) is 3.84. The number of thiazole rings is 1. The van der Waals surface area contributed by atoms with Crippen LogP contribution in [0.2, 0.25) is 0 Å². The van der Waals surface area contributed by atoms with E-state index in [9.17, 15) is 17.6 Å².